The van der Waals surface area contributed by atoms with Crippen LogP contribution in [0, 0.1) is 19.7 Å². The third-order valence-electron chi connectivity index (χ3n) is 6.33. The van der Waals surface area contributed by atoms with Gasteiger partial charge in [-0.3, -0.25) is 14.8 Å². The lowest BCUT2D eigenvalue weighted by atomic mass is 9.84. The number of hydrogen-bond acceptors (Lipinski definition) is 4. The van der Waals surface area contributed by atoms with E-state index in [2.05, 4.69) is 20.9 Å². The predicted molar refractivity (Wildman–Crippen MR) is 146 cm³/mol. The molecule has 190 valence electrons. The summed E-state index contributed by atoms with van der Waals surface area (Å²) in [7, 11) is 0. The molecular formula is C30H26FN5O2. The first-order chi connectivity index (χ1) is 18.4. The Morgan fingerprint density at radius 3 is 2.55 bits per heavy atom. The summed E-state index contributed by atoms with van der Waals surface area (Å²) in [5, 5.41) is 8.27. The van der Waals surface area contributed by atoms with E-state index in [-0.39, 0.29) is 0 Å². The van der Waals surface area contributed by atoms with Gasteiger partial charge < -0.3 is 16.0 Å². The molecule has 0 saturated carbocycles. The first-order valence-corrected chi connectivity index (χ1v) is 12.2. The second-order valence-electron chi connectivity index (χ2n) is 9.08. The molecule has 1 unspecified atom stereocenters. The summed E-state index contributed by atoms with van der Waals surface area (Å²) in [5.41, 5.74) is 4.89. The third kappa shape index (κ3) is 5.15. The number of rotatable bonds is 5. The number of nitrogens with zero attached hydrogens (tertiary/aromatic N) is 2. The molecule has 38 heavy (non-hydrogen) atoms. The molecule has 8 heteroatoms. The van der Waals surface area contributed by atoms with Gasteiger partial charge in [0.15, 0.2) is 0 Å². The zero-order valence-electron chi connectivity index (χ0n) is 20.9. The highest BCUT2D eigenvalue weighted by atomic mass is 19.1. The lowest BCUT2D eigenvalue weighted by Gasteiger charge is -2.23. The van der Waals surface area contributed by atoms with E-state index in [0.717, 1.165) is 11.1 Å². The van der Waals surface area contributed by atoms with Crippen molar-refractivity contribution in [3.8, 4) is 0 Å². The van der Waals surface area contributed by atoms with Crippen molar-refractivity contribution in [2.75, 3.05) is 10.6 Å². The molecule has 3 N–H and O–H groups in total. The molecule has 5 rings (SSSR count). The molecule has 0 spiro atoms. The van der Waals surface area contributed by atoms with Gasteiger partial charge in [0.25, 0.3) is 5.91 Å². The second kappa shape index (κ2) is 10.6. The van der Waals surface area contributed by atoms with Gasteiger partial charge in [0.1, 0.15) is 5.82 Å². The van der Waals surface area contributed by atoms with E-state index in [1.807, 2.05) is 56.3 Å². The fraction of sp³-hybridized carbons (Fsp3) is 0.133. The average Bonchev–Trinajstić information content (AvgIpc) is 3.02. The highest BCUT2D eigenvalue weighted by Crippen LogP contribution is 2.35. The molecule has 4 aromatic rings. The molecule has 1 aliphatic rings. The predicted octanol–water partition coefficient (Wildman–Crippen LogP) is 5.56. The first-order valence-electron chi connectivity index (χ1n) is 12.2. The molecule has 0 saturated heterocycles. The van der Waals surface area contributed by atoms with Crippen molar-refractivity contribution in [1.82, 2.24) is 10.3 Å². The number of amides is 3. The van der Waals surface area contributed by atoms with Crippen molar-refractivity contribution >= 4 is 29.0 Å². The standard InChI is InChI=1S/C30H26FN5O2/c1-18-9-7-11-20(17-18)33-30(38)36-28-29(37)34-24-15-6-4-13-22(24)27(35-28)25(21-12-3-5-14-23(21)31)26-19(2)10-8-16-32-26/h3-17,25,28H,1-2H3,(H,34,37)(H2,33,36,38)/t25?,28-/m0/s1. The average molecular weight is 508 g/mol. The van der Waals surface area contributed by atoms with Gasteiger partial charge in [-0.2, -0.15) is 0 Å². The van der Waals surface area contributed by atoms with E-state index < -0.39 is 29.8 Å². The van der Waals surface area contributed by atoms with Crippen LogP contribution in [0.15, 0.2) is 96.1 Å². The molecule has 2 atom stereocenters. The SMILES string of the molecule is Cc1cccc(NC(=O)N[C@@H]2N=C(C(c3ccccc3F)c3ncccc3C)c3ccccc3NC2=O)c1. The fourth-order valence-electron chi connectivity index (χ4n) is 4.56. The van der Waals surface area contributed by atoms with Gasteiger partial charge >= 0.3 is 6.03 Å². The number of anilines is 2. The molecule has 7 nitrogen and oxygen atoms in total. The lowest BCUT2D eigenvalue weighted by molar-refractivity contribution is -0.117. The summed E-state index contributed by atoms with van der Waals surface area (Å²) in [6.45, 7) is 3.81. The molecule has 1 aliphatic heterocycles. The Hall–Kier alpha value is -4.85. The highest BCUT2D eigenvalue weighted by molar-refractivity contribution is 6.16. The number of benzene rings is 3. The number of aromatic nitrogens is 1. The van der Waals surface area contributed by atoms with Gasteiger partial charge in [0.05, 0.1) is 17.3 Å². The smallest absolute Gasteiger partial charge is 0.321 e. The number of fused-ring (bicyclic) bond motifs is 1. The van der Waals surface area contributed by atoms with Crippen molar-refractivity contribution in [3.63, 3.8) is 0 Å². The molecule has 2 heterocycles. The number of halogens is 1. The van der Waals surface area contributed by atoms with Gasteiger partial charge in [-0.05, 0) is 55.3 Å². The largest absolute Gasteiger partial charge is 0.322 e. The Bertz CT molecular complexity index is 1510. The number of carbonyl (C=O) groups excluding carboxylic acids is 2. The Morgan fingerprint density at radius 2 is 1.76 bits per heavy atom. The van der Waals surface area contributed by atoms with E-state index >= 15 is 4.39 Å². The maximum absolute atomic E-state index is 15.3. The number of nitrogens with one attached hydrogen (secondary N) is 3. The van der Waals surface area contributed by atoms with Crippen LogP contribution in [0.5, 0.6) is 0 Å². The van der Waals surface area contributed by atoms with E-state index in [0.29, 0.717) is 33.9 Å². The van der Waals surface area contributed by atoms with Crippen molar-refractivity contribution < 1.29 is 14.0 Å². The second-order valence-corrected chi connectivity index (χ2v) is 9.08. The highest BCUT2D eigenvalue weighted by Gasteiger charge is 2.33. The molecule has 3 amide bonds. The van der Waals surface area contributed by atoms with Crippen LogP contribution in [0.1, 0.15) is 33.9 Å². The minimum atomic E-state index is -1.28. The van der Waals surface area contributed by atoms with Crippen molar-refractivity contribution in [1.29, 1.82) is 0 Å². The van der Waals surface area contributed by atoms with Crippen LogP contribution in [0.4, 0.5) is 20.6 Å². The zero-order valence-corrected chi connectivity index (χ0v) is 20.9. The number of para-hydroxylation sites is 1. The minimum absolute atomic E-state index is 0.361. The van der Waals surface area contributed by atoms with Gasteiger partial charge in [-0.15, -0.1) is 0 Å². The molecule has 0 aliphatic carbocycles. The van der Waals surface area contributed by atoms with Gasteiger partial charge in [-0.1, -0.05) is 54.6 Å². The Labute approximate surface area is 219 Å². The van der Waals surface area contributed by atoms with Gasteiger partial charge in [0, 0.05) is 28.7 Å². The molecule has 1 aromatic heterocycles. The van der Waals surface area contributed by atoms with Crippen LogP contribution < -0.4 is 16.0 Å². The van der Waals surface area contributed by atoms with Crippen LogP contribution in [-0.2, 0) is 4.79 Å². The summed E-state index contributed by atoms with van der Waals surface area (Å²) in [6, 6.07) is 24.0. The number of hydrogen-bond donors (Lipinski definition) is 3. The zero-order chi connectivity index (χ0) is 26.6. The van der Waals surface area contributed by atoms with Crippen LogP contribution in [-0.4, -0.2) is 28.8 Å². The molecule has 0 radical (unpaired) electrons. The Kier molecular flexibility index (Phi) is 6.95. The molecule has 0 bridgehead atoms. The van der Waals surface area contributed by atoms with E-state index in [1.165, 1.54) is 6.07 Å². The van der Waals surface area contributed by atoms with E-state index in [1.54, 1.807) is 42.6 Å². The molecule has 0 fully saturated rings. The van der Waals surface area contributed by atoms with E-state index in [9.17, 15) is 9.59 Å². The maximum Gasteiger partial charge on any atom is 0.321 e. The quantitative estimate of drug-likeness (QED) is 0.330. The topological polar surface area (TPSA) is 95.5 Å². The van der Waals surface area contributed by atoms with Crippen LogP contribution in [0.25, 0.3) is 0 Å². The summed E-state index contributed by atoms with van der Waals surface area (Å²) in [6.07, 6.45) is 0.369. The van der Waals surface area contributed by atoms with Crippen LogP contribution in [0.3, 0.4) is 0 Å². The molecule has 3 aromatic carbocycles. The Balaban J connectivity index is 1.62. The normalized spacial score (nSPS) is 15.4. The number of aryl methyl sites for hydroxylation is 2. The number of urea groups is 1. The summed E-state index contributed by atoms with van der Waals surface area (Å²) >= 11 is 0. The minimum Gasteiger partial charge on any atom is -0.322 e. The molecular weight excluding hydrogens is 481 g/mol. The lowest BCUT2D eigenvalue weighted by Crippen LogP contribution is -2.44. The van der Waals surface area contributed by atoms with Gasteiger partial charge in [-0.25, -0.2) is 9.18 Å². The maximum atomic E-state index is 15.3. The summed E-state index contributed by atoms with van der Waals surface area (Å²) in [5.74, 6) is -1.68. The third-order valence-corrected chi connectivity index (χ3v) is 6.33. The number of aliphatic imine (C=N–C) groups is 1. The van der Waals surface area contributed by atoms with Crippen molar-refractivity contribution in [2.24, 2.45) is 4.99 Å². The monoisotopic (exact) mass is 507 g/mol. The van der Waals surface area contributed by atoms with Crippen molar-refractivity contribution in [2.45, 2.75) is 25.9 Å². The van der Waals surface area contributed by atoms with Crippen LogP contribution in [0.2, 0.25) is 0 Å². The van der Waals surface area contributed by atoms with Crippen molar-refractivity contribution in [3.05, 3.63) is 125 Å². The Morgan fingerprint density at radius 1 is 0.974 bits per heavy atom. The first kappa shape index (κ1) is 24.8. The number of pyridine rings is 1. The van der Waals surface area contributed by atoms with E-state index in [4.69, 9.17) is 4.99 Å². The summed E-state index contributed by atoms with van der Waals surface area (Å²) in [4.78, 5) is 35.5. The van der Waals surface area contributed by atoms with Gasteiger partial charge in [0.2, 0.25) is 6.17 Å². The fourth-order valence-corrected chi connectivity index (χ4v) is 4.56. The number of benzodiazepines with no additional fused rings is 1. The summed E-state index contributed by atoms with van der Waals surface area (Å²) < 4.78 is 15.3. The van der Waals surface area contributed by atoms with Crippen LogP contribution >= 0.6 is 0 Å². The number of carbonyl (C=O) groups is 2.